The number of phenols is 1. The Bertz CT molecular complexity index is 827. The van der Waals surface area contributed by atoms with Crippen LogP contribution in [0, 0.1) is 0 Å². The summed E-state index contributed by atoms with van der Waals surface area (Å²) >= 11 is 0. The van der Waals surface area contributed by atoms with Gasteiger partial charge in [0.2, 0.25) is 5.91 Å². The third kappa shape index (κ3) is 3.63. The van der Waals surface area contributed by atoms with Gasteiger partial charge in [-0.1, -0.05) is 48.5 Å². The van der Waals surface area contributed by atoms with Crippen molar-refractivity contribution in [1.29, 1.82) is 0 Å². The molecule has 0 radical (unpaired) electrons. The molecule has 3 rings (SSSR count). The fraction of sp³-hybridized carbons (Fsp3) is 0.158. The Morgan fingerprint density at radius 1 is 1.12 bits per heavy atom. The van der Waals surface area contributed by atoms with E-state index in [2.05, 4.69) is 17.3 Å². The van der Waals surface area contributed by atoms with E-state index in [1.54, 1.807) is 30.3 Å². The highest BCUT2D eigenvalue weighted by atomic mass is 16.3. The number of anilines is 1. The molecule has 1 amide bonds. The van der Waals surface area contributed by atoms with Crippen molar-refractivity contribution in [1.82, 2.24) is 9.78 Å². The molecule has 3 aromatic rings. The van der Waals surface area contributed by atoms with Crippen molar-refractivity contribution < 1.29 is 9.90 Å². The Balaban J connectivity index is 1.66. The number of nitrogens with one attached hydrogen (secondary N) is 1. The molecule has 1 heterocycles. The van der Waals surface area contributed by atoms with Crippen LogP contribution < -0.4 is 5.32 Å². The first kappa shape index (κ1) is 15.8. The highest BCUT2D eigenvalue weighted by Crippen LogP contribution is 2.19. The first-order chi connectivity index (χ1) is 11.6. The number of rotatable bonds is 5. The van der Waals surface area contributed by atoms with E-state index < -0.39 is 0 Å². The Morgan fingerprint density at radius 3 is 2.58 bits per heavy atom. The number of hydrogen-bond acceptors (Lipinski definition) is 3. The Hall–Kier alpha value is -3.08. The Labute approximate surface area is 140 Å². The zero-order valence-corrected chi connectivity index (χ0v) is 13.4. The predicted molar refractivity (Wildman–Crippen MR) is 92.9 cm³/mol. The fourth-order valence-electron chi connectivity index (χ4n) is 2.53. The third-order valence-corrected chi connectivity index (χ3v) is 3.90. The molecule has 0 unspecified atom stereocenters. The topological polar surface area (TPSA) is 67.2 Å². The molecule has 0 aliphatic rings. The largest absolute Gasteiger partial charge is 0.508 e. The maximum Gasteiger partial charge on any atom is 0.230 e. The molecule has 2 aromatic carbocycles. The van der Waals surface area contributed by atoms with Crippen LogP contribution in [0.25, 0.3) is 0 Å². The first-order valence-corrected chi connectivity index (χ1v) is 7.80. The van der Waals surface area contributed by atoms with E-state index in [1.165, 1.54) is 0 Å². The molecule has 2 N–H and O–H groups in total. The molecule has 0 aliphatic heterocycles. The van der Waals surface area contributed by atoms with Crippen LogP contribution in [-0.4, -0.2) is 20.8 Å². The molecule has 0 saturated carbocycles. The number of hydrogen-bond donors (Lipinski definition) is 2. The van der Waals surface area contributed by atoms with Gasteiger partial charge in [0, 0.05) is 17.8 Å². The highest BCUT2D eigenvalue weighted by molar-refractivity contribution is 5.91. The second-order valence-corrected chi connectivity index (χ2v) is 5.62. The molecular formula is C19H19N3O2. The predicted octanol–water partition coefficient (Wildman–Crippen LogP) is 3.38. The summed E-state index contributed by atoms with van der Waals surface area (Å²) in [5, 5.41) is 16.9. The van der Waals surface area contributed by atoms with Crippen LogP contribution >= 0.6 is 0 Å². The van der Waals surface area contributed by atoms with Gasteiger partial charge in [-0.05, 0) is 18.6 Å². The van der Waals surface area contributed by atoms with Crippen molar-refractivity contribution in [3.63, 3.8) is 0 Å². The van der Waals surface area contributed by atoms with E-state index in [4.69, 9.17) is 0 Å². The van der Waals surface area contributed by atoms with Crippen molar-refractivity contribution in [3.8, 4) is 5.75 Å². The summed E-state index contributed by atoms with van der Waals surface area (Å²) in [6, 6.07) is 18.7. The summed E-state index contributed by atoms with van der Waals surface area (Å²) in [4.78, 5) is 12.1. The second kappa shape index (κ2) is 7.00. The summed E-state index contributed by atoms with van der Waals surface area (Å²) in [5.41, 5.74) is 1.74. The average molecular weight is 321 g/mol. The summed E-state index contributed by atoms with van der Waals surface area (Å²) in [6.45, 7) is 2.05. The van der Waals surface area contributed by atoms with Gasteiger partial charge in [-0.2, -0.15) is 5.10 Å². The van der Waals surface area contributed by atoms with Crippen LogP contribution in [0.4, 0.5) is 5.82 Å². The number of carbonyl (C=O) groups excluding carboxylic acids is 1. The highest BCUT2D eigenvalue weighted by Gasteiger charge is 2.12. The number of aromatic nitrogens is 2. The van der Waals surface area contributed by atoms with E-state index in [0.29, 0.717) is 11.4 Å². The van der Waals surface area contributed by atoms with Gasteiger partial charge < -0.3 is 10.4 Å². The Morgan fingerprint density at radius 2 is 1.83 bits per heavy atom. The summed E-state index contributed by atoms with van der Waals surface area (Å²) in [7, 11) is 0. The zero-order chi connectivity index (χ0) is 16.9. The van der Waals surface area contributed by atoms with E-state index in [-0.39, 0.29) is 24.1 Å². The minimum Gasteiger partial charge on any atom is -0.508 e. The molecule has 5 nitrogen and oxygen atoms in total. The van der Waals surface area contributed by atoms with Gasteiger partial charge in [-0.25, -0.2) is 0 Å². The van der Waals surface area contributed by atoms with Gasteiger partial charge in [0.1, 0.15) is 5.75 Å². The number of para-hydroxylation sites is 1. The standard InChI is InChI=1S/C19H19N3O2/c1-14(15-7-3-2-4-8-15)22-12-11-18(21-22)20-19(24)13-16-9-5-6-10-17(16)23/h2-12,14,23H,13H2,1H3,(H,20,21,24)/t14-/m1/s1. The molecule has 5 heteroatoms. The van der Waals surface area contributed by atoms with Crippen LogP contribution in [-0.2, 0) is 11.2 Å². The van der Waals surface area contributed by atoms with Gasteiger partial charge in [-0.3, -0.25) is 9.48 Å². The Kier molecular flexibility index (Phi) is 4.61. The van der Waals surface area contributed by atoms with E-state index in [1.807, 2.05) is 41.2 Å². The molecule has 1 aromatic heterocycles. The van der Waals surface area contributed by atoms with Crippen molar-refractivity contribution in [2.45, 2.75) is 19.4 Å². The molecule has 0 saturated heterocycles. The average Bonchev–Trinajstić information content (AvgIpc) is 3.05. The van der Waals surface area contributed by atoms with Crippen molar-refractivity contribution in [2.75, 3.05) is 5.32 Å². The second-order valence-electron chi connectivity index (χ2n) is 5.62. The third-order valence-electron chi connectivity index (χ3n) is 3.90. The molecular weight excluding hydrogens is 302 g/mol. The van der Waals surface area contributed by atoms with E-state index in [0.717, 1.165) is 5.56 Å². The lowest BCUT2D eigenvalue weighted by atomic mass is 10.1. The van der Waals surface area contributed by atoms with E-state index >= 15 is 0 Å². The molecule has 0 spiro atoms. The summed E-state index contributed by atoms with van der Waals surface area (Å²) in [6.07, 6.45) is 1.95. The van der Waals surface area contributed by atoms with Crippen LogP contribution in [0.5, 0.6) is 5.75 Å². The lowest BCUT2D eigenvalue weighted by Gasteiger charge is -2.12. The number of nitrogens with zero attached hydrogens (tertiary/aromatic N) is 2. The fourth-order valence-corrected chi connectivity index (χ4v) is 2.53. The normalized spacial score (nSPS) is 11.9. The van der Waals surface area contributed by atoms with Gasteiger partial charge in [0.05, 0.1) is 12.5 Å². The first-order valence-electron chi connectivity index (χ1n) is 7.80. The smallest absolute Gasteiger partial charge is 0.230 e. The summed E-state index contributed by atoms with van der Waals surface area (Å²) in [5.74, 6) is 0.406. The molecule has 0 bridgehead atoms. The van der Waals surface area contributed by atoms with E-state index in [9.17, 15) is 9.90 Å². The maximum absolute atomic E-state index is 12.1. The lowest BCUT2D eigenvalue weighted by molar-refractivity contribution is -0.115. The monoisotopic (exact) mass is 321 g/mol. The summed E-state index contributed by atoms with van der Waals surface area (Å²) < 4.78 is 1.81. The van der Waals surface area contributed by atoms with Crippen LogP contribution in [0.15, 0.2) is 66.9 Å². The molecule has 0 fully saturated rings. The number of carbonyl (C=O) groups is 1. The van der Waals surface area contributed by atoms with Crippen LogP contribution in [0.1, 0.15) is 24.1 Å². The van der Waals surface area contributed by atoms with Gasteiger partial charge in [-0.15, -0.1) is 0 Å². The van der Waals surface area contributed by atoms with Gasteiger partial charge in [0.25, 0.3) is 0 Å². The SMILES string of the molecule is C[C@H](c1ccccc1)n1ccc(NC(=O)Cc2ccccc2O)n1. The minimum atomic E-state index is -0.214. The molecule has 0 aliphatic carbocycles. The van der Waals surface area contributed by atoms with Gasteiger partial charge in [0.15, 0.2) is 5.82 Å². The number of aromatic hydroxyl groups is 1. The number of amides is 1. The van der Waals surface area contributed by atoms with Crippen LogP contribution in [0.3, 0.4) is 0 Å². The minimum absolute atomic E-state index is 0.0787. The zero-order valence-electron chi connectivity index (χ0n) is 13.4. The number of benzene rings is 2. The van der Waals surface area contributed by atoms with Crippen molar-refractivity contribution >= 4 is 11.7 Å². The van der Waals surface area contributed by atoms with Gasteiger partial charge >= 0.3 is 0 Å². The van der Waals surface area contributed by atoms with Crippen molar-refractivity contribution in [2.24, 2.45) is 0 Å². The quantitative estimate of drug-likeness (QED) is 0.757. The molecule has 122 valence electrons. The molecule has 1 atom stereocenters. The molecule has 24 heavy (non-hydrogen) atoms. The van der Waals surface area contributed by atoms with Crippen LogP contribution in [0.2, 0.25) is 0 Å². The number of phenolic OH excluding ortho intramolecular Hbond substituents is 1. The lowest BCUT2D eigenvalue weighted by Crippen LogP contribution is -2.15. The maximum atomic E-state index is 12.1. The van der Waals surface area contributed by atoms with Crippen molar-refractivity contribution in [3.05, 3.63) is 78.0 Å².